The third-order valence-electron chi connectivity index (χ3n) is 4.41. The van der Waals surface area contributed by atoms with Crippen molar-refractivity contribution in [2.75, 3.05) is 0 Å². The van der Waals surface area contributed by atoms with Crippen molar-refractivity contribution < 1.29 is 30.0 Å². The van der Waals surface area contributed by atoms with Crippen molar-refractivity contribution in [2.45, 2.75) is 6.92 Å². The number of carbonyl (C=O) groups is 2. The normalized spacial score (nSPS) is 13.0. The highest BCUT2D eigenvalue weighted by molar-refractivity contribution is 6.35. The van der Waals surface area contributed by atoms with Crippen LogP contribution in [-0.2, 0) is 0 Å². The molecule has 4 rings (SSSR count). The van der Waals surface area contributed by atoms with E-state index < -0.39 is 28.8 Å². The molecule has 124 valence electrons. The number of hydrogen-bond donors (Lipinski definition) is 4. The van der Waals surface area contributed by atoms with E-state index >= 15 is 0 Å². The van der Waals surface area contributed by atoms with Gasteiger partial charge in [0, 0.05) is 10.9 Å². The van der Waals surface area contributed by atoms with Crippen LogP contribution >= 0.6 is 0 Å². The molecule has 0 atom stereocenters. The van der Waals surface area contributed by atoms with Crippen LogP contribution in [0.3, 0.4) is 0 Å². The van der Waals surface area contributed by atoms with Gasteiger partial charge in [-0.05, 0) is 42.1 Å². The molecule has 6 nitrogen and oxygen atoms in total. The standard InChI is InChI=1S/C19H12O6/c1-7-4-8-6-12(23)16-17(13(8)11(22)5-7)19(25)15-10(21)3-2-9(20)14(15)18(16)24/h2-6,20-23H,1H3. The molecular formula is C19H12O6. The molecule has 25 heavy (non-hydrogen) atoms. The van der Waals surface area contributed by atoms with Crippen molar-refractivity contribution >= 4 is 22.3 Å². The summed E-state index contributed by atoms with van der Waals surface area (Å²) in [5, 5.41) is 41.1. The van der Waals surface area contributed by atoms with Crippen molar-refractivity contribution in [1.29, 1.82) is 0 Å². The summed E-state index contributed by atoms with van der Waals surface area (Å²) in [6.45, 7) is 1.74. The highest BCUT2D eigenvalue weighted by Crippen LogP contribution is 2.45. The predicted octanol–water partition coefficient (Wildman–Crippen LogP) is 2.75. The van der Waals surface area contributed by atoms with Crippen LogP contribution in [0, 0.1) is 6.92 Å². The van der Waals surface area contributed by atoms with E-state index in [0.29, 0.717) is 10.9 Å². The molecular weight excluding hydrogens is 324 g/mol. The Labute approximate surface area is 141 Å². The van der Waals surface area contributed by atoms with Gasteiger partial charge in [0.1, 0.15) is 23.0 Å². The summed E-state index contributed by atoms with van der Waals surface area (Å²) < 4.78 is 0. The Balaban J connectivity index is 2.22. The van der Waals surface area contributed by atoms with E-state index in [1.54, 1.807) is 13.0 Å². The average Bonchev–Trinajstić information content (AvgIpc) is 2.53. The molecule has 3 aromatic rings. The van der Waals surface area contributed by atoms with Gasteiger partial charge in [0.15, 0.2) is 5.78 Å². The zero-order valence-corrected chi connectivity index (χ0v) is 13.0. The SMILES string of the molecule is Cc1cc(O)c2c3c(c(O)cc2c1)C(=O)c1c(O)ccc(O)c1C3=O. The molecule has 4 N–H and O–H groups in total. The second-order valence-corrected chi connectivity index (χ2v) is 6.04. The number of benzene rings is 3. The van der Waals surface area contributed by atoms with Crippen LogP contribution in [0.1, 0.15) is 37.4 Å². The Hall–Kier alpha value is -3.54. The monoisotopic (exact) mass is 336 g/mol. The fourth-order valence-corrected chi connectivity index (χ4v) is 3.40. The van der Waals surface area contributed by atoms with Gasteiger partial charge in [-0.2, -0.15) is 0 Å². The first-order chi connectivity index (χ1) is 11.8. The third kappa shape index (κ3) is 1.85. The zero-order valence-electron chi connectivity index (χ0n) is 13.0. The van der Waals surface area contributed by atoms with E-state index in [0.717, 1.165) is 12.1 Å². The Morgan fingerprint density at radius 1 is 0.640 bits per heavy atom. The lowest BCUT2D eigenvalue weighted by Gasteiger charge is -2.22. The van der Waals surface area contributed by atoms with Gasteiger partial charge in [-0.25, -0.2) is 0 Å². The molecule has 0 fully saturated rings. The Morgan fingerprint density at radius 3 is 1.76 bits per heavy atom. The second-order valence-electron chi connectivity index (χ2n) is 6.04. The van der Waals surface area contributed by atoms with Crippen LogP contribution in [0.4, 0.5) is 0 Å². The first-order valence-electron chi connectivity index (χ1n) is 7.45. The van der Waals surface area contributed by atoms with Crippen LogP contribution in [0.25, 0.3) is 10.8 Å². The summed E-state index contributed by atoms with van der Waals surface area (Å²) in [4.78, 5) is 25.8. The lowest BCUT2D eigenvalue weighted by Crippen LogP contribution is -2.22. The van der Waals surface area contributed by atoms with Crippen LogP contribution < -0.4 is 0 Å². The van der Waals surface area contributed by atoms with Crippen molar-refractivity contribution in [3.05, 3.63) is 58.1 Å². The molecule has 1 aliphatic rings. The molecule has 0 unspecified atom stereocenters. The van der Waals surface area contributed by atoms with E-state index in [1.807, 2.05) is 0 Å². The van der Waals surface area contributed by atoms with Gasteiger partial charge in [-0.1, -0.05) is 6.07 Å². The highest BCUT2D eigenvalue weighted by Gasteiger charge is 2.38. The van der Waals surface area contributed by atoms with Gasteiger partial charge in [-0.15, -0.1) is 0 Å². The quantitative estimate of drug-likeness (QED) is 0.367. The number of hydrogen-bond acceptors (Lipinski definition) is 6. The first kappa shape index (κ1) is 15.0. The molecule has 0 aromatic heterocycles. The topological polar surface area (TPSA) is 115 Å². The molecule has 0 amide bonds. The van der Waals surface area contributed by atoms with E-state index in [-0.39, 0.29) is 33.4 Å². The molecule has 0 aliphatic heterocycles. The summed E-state index contributed by atoms with van der Waals surface area (Å²) in [7, 11) is 0. The molecule has 0 heterocycles. The largest absolute Gasteiger partial charge is 0.507 e. The van der Waals surface area contributed by atoms with Gasteiger partial charge in [0.25, 0.3) is 0 Å². The molecule has 0 radical (unpaired) electrons. The number of carbonyl (C=O) groups excluding carboxylic acids is 2. The van der Waals surface area contributed by atoms with Crippen molar-refractivity contribution in [2.24, 2.45) is 0 Å². The van der Waals surface area contributed by atoms with Crippen molar-refractivity contribution in [1.82, 2.24) is 0 Å². The molecule has 3 aromatic carbocycles. The smallest absolute Gasteiger partial charge is 0.202 e. The summed E-state index contributed by atoms with van der Waals surface area (Å²) in [5.74, 6) is -3.12. The lowest BCUT2D eigenvalue weighted by molar-refractivity contribution is 0.0973. The maximum atomic E-state index is 13.0. The fraction of sp³-hybridized carbons (Fsp3) is 0.0526. The number of fused-ring (bicyclic) bond motifs is 4. The number of ketones is 2. The van der Waals surface area contributed by atoms with Crippen molar-refractivity contribution in [3.8, 4) is 23.0 Å². The van der Waals surface area contributed by atoms with Crippen LogP contribution in [0.15, 0.2) is 30.3 Å². The Morgan fingerprint density at radius 2 is 1.16 bits per heavy atom. The van der Waals surface area contributed by atoms with Gasteiger partial charge < -0.3 is 20.4 Å². The summed E-state index contributed by atoms with van der Waals surface area (Å²) in [6.07, 6.45) is 0. The number of phenols is 4. The van der Waals surface area contributed by atoms with Gasteiger partial charge in [0.05, 0.1) is 16.7 Å². The minimum atomic E-state index is -0.794. The van der Waals surface area contributed by atoms with E-state index in [4.69, 9.17) is 0 Å². The van der Waals surface area contributed by atoms with Crippen LogP contribution in [0.5, 0.6) is 23.0 Å². The third-order valence-corrected chi connectivity index (χ3v) is 4.41. The average molecular weight is 336 g/mol. The highest BCUT2D eigenvalue weighted by atomic mass is 16.3. The number of rotatable bonds is 0. The van der Waals surface area contributed by atoms with E-state index in [9.17, 15) is 30.0 Å². The summed E-state index contributed by atoms with van der Waals surface area (Å²) in [5.41, 5.74) is -0.487. The molecule has 0 saturated carbocycles. The summed E-state index contributed by atoms with van der Waals surface area (Å²) in [6, 6.07) is 6.60. The fourth-order valence-electron chi connectivity index (χ4n) is 3.40. The number of phenolic OH excluding ortho intramolecular Hbond substituents is 4. The summed E-state index contributed by atoms with van der Waals surface area (Å²) >= 11 is 0. The second kappa shape index (κ2) is 4.73. The molecule has 0 bridgehead atoms. The molecule has 0 saturated heterocycles. The maximum Gasteiger partial charge on any atom is 0.202 e. The van der Waals surface area contributed by atoms with Gasteiger partial charge in [0.2, 0.25) is 5.78 Å². The molecule has 6 heteroatoms. The number of aryl methyl sites for hydroxylation is 1. The van der Waals surface area contributed by atoms with Crippen molar-refractivity contribution in [3.63, 3.8) is 0 Å². The zero-order chi connectivity index (χ0) is 18.0. The van der Waals surface area contributed by atoms with E-state index in [2.05, 4.69) is 0 Å². The minimum Gasteiger partial charge on any atom is -0.507 e. The van der Waals surface area contributed by atoms with E-state index in [1.165, 1.54) is 12.1 Å². The molecule has 0 spiro atoms. The first-order valence-corrected chi connectivity index (χ1v) is 7.45. The molecule has 1 aliphatic carbocycles. The number of aromatic hydroxyl groups is 4. The predicted molar refractivity (Wildman–Crippen MR) is 88.7 cm³/mol. The Bertz CT molecular complexity index is 1130. The van der Waals surface area contributed by atoms with Crippen LogP contribution in [0.2, 0.25) is 0 Å². The lowest BCUT2D eigenvalue weighted by atomic mass is 9.80. The van der Waals surface area contributed by atoms with Crippen LogP contribution in [-0.4, -0.2) is 32.0 Å². The minimum absolute atomic E-state index is 0.116. The Kier molecular flexibility index (Phi) is 2.84. The van der Waals surface area contributed by atoms with Gasteiger partial charge in [-0.3, -0.25) is 9.59 Å². The maximum absolute atomic E-state index is 13.0. The van der Waals surface area contributed by atoms with Gasteiger partial charge >= 0.3 is 0 Å².